The number of allylic oxidation sites excluding steroid dienone is 4. The predicted molar refractivity (Wildman–Crippen MR) is 95.1 cm³/mol. The molecule has 0 fully saturated rings. The van der Waals surface area contributed by atoms with Crippen molar-refractivity contribution in [2.24, 2.45) is 0 Å². The van der Waals surface area contributed by atoms with Gasteiger partial charge in [0.05, 0.1) is 10.6 Å². The Bertz CT molecular complexity index is 960. The highest BCUT2D eigenvalue weighted by molar-refractivity contribution is 7.98. The van der Waals surface area contributed by atoms with Gasteiger partial charge < -0.3 is 4.98 Å². The quantitative estimate of drug-likeness (QED) is 0.516. The highest BCUT2D eigenvalue weighted by Crippen LogP contribution is 2.28. The molecule has 0 saturated heterocycles. The summed E-state index contributed by atoms with van der Waals surface area (Å²) in [5.74, 6) is 0.465. The molecule has 2 aromatic rings. The van der Waals surface area contributed by atoms with Crippen molar-refractivity contribution in [2.45, 2.75) is 10.9 Å². The Kier molecular flexibility index (Phi) is 5.00. The monoisotopic (exact) mass is 363 g/mol. The molecule has 0 radical (unpaired) electrons. The average Bonchev–Trinajstić information content (AvgIpc) is 2.48. The smallest absolute Gasteiger partial charge is 0.259 e. The van der Waals surface area contributed by atoms with Crippen molar-refractivity contribution in [1.29, 1.82) is 0 Å². The highest BCUT2D eigenvalue weighted by Gasteiger charge is 2.09. The Hall–Kier alpha value is -1.82. The molecule has 1 aliphatic rings. The lowest BCUT2D eigenvalue weighted by Gasteiger charge is -2.05. The van der Waals surface area contributed by atoms with E-state index in [0.717, 1.165) is 0 Å². The van der Waals surface area contributed by atoms with Crippen molar-refractivity contribution >= 4 is 47.1 Å². The maximum atomic E-state index is 12.2. The van der Waals surface area contributed by atoms with E-state index in [0.29, 0.717) is 37.2 Å². The molecule has 7 heteroatoms. The molecule has 0 atom stereocenters. The Labute approximate surface area is 146 Å². The third-order valence-corrected chi connectivity index (χ3v) is 4.69. The largest absolute Gasteiger partial charge is 0.301 e. The number of rotatable bonds is 3. The van der Waals surface area contributed by atoms with E-state index in [1.165, 1.54) is 11.8 Å². The lowest BCUT2D eigenvalue weighted by atomic mass is 10.3. The molecular weight excluding hydrogens is 353 g/mol. The lowest BCUT2D eigenvalue weighted by Crippen LogP contribution is -2.43. The van der Waals surface area contributed by atoms with Crippen LogP contribution in [0.5, 0.6) is 0 Å². The normalized spacial score (nSPS) is 18.5. The number of fused-ring (bicyclic) bond motifs is 1. The van der Waals surface area contributed by atoms with E-state index < -0.39 is 0 Å². The second-order valence-electron chi connectivity index (χ2n) is 4.62. The van der Waals surface area contributed by atoms with E-state index in [1.807, 2.05) is 18.2 Å². The summed E-state index contributed by atoms with van der Waals surface area (Å²) >= 11 is 13.5. The molecule has 0 saturated carbocycles. The van der Waals surface area contributed by atoms with Gasteiger partial charge >= 0.3 is 0 Å². The zero-order chi connectivity index (χ0) is 16.2. The van der Waals surface area contributed by atoms with Gasteiger partial charge in [-0.15, -0.1) is 0 Å². The second-order valence-corrected chi connectivity index (χ2v) is 6.35. The zero-order valence-electron chi connectivity index (χ0n) is 11.8. The van der Waals surface area contributed by atoms with Crippen molar-refractivity contribution in [3.05, 3.63) is 73.2 Å². The molecule has 0 unspecified atom stereocenters. The number of nitrogens with zero attached hydrogens (tertiary/aromatic N) is 2. The molecule has 23 heavy (non-hydrogen) atoms. The summed E-state index contributed by atoms with van der Waals surface area (Å²) in [5, 5.41) is 2.56. The molecule has 0 bridgehead atoms. The average molecular weight is 364 g/mol. The minimum atomic E-state index is -0.183. The fourth-order valence-electron chi connectivity index (χ4n) is 1.98. The van der Waals surface area contributed by atoms with Crippen molar-refractivity contribution in [2.75, 3.05) is 0 Å². The maximum absolute atomic E-state index is 12.2. The van der Waals surface area contributed by atoms with Crippen LogP contribution in [0.15, 0.2) is 46.5 Å². The number of aromatic nitrogens is 3. The standard InChI is InChI=1S/C16H11Cl2N3OS/c17-12-7-8-19-14(18)11(12)9-23-16-20-13-6-4-2-1-3-5-10(13)15(22)21-16/h1-8H,9H2,(H,20,21,22). The van der Waals surface area contributed by atoms with Crippen LogP contribution in [0.25, 0.3) is 12.2 Å². The summed E-state index contributed by atoms with van der Waals surface area (Å²) in [6, 6.07) is 1.68. The first-order chi connectivity index (χ1) is 11.1. The van der Waals surface area contributed by atoms with Crippen molar-refractivity contribution in [3.8, 4) is 0 Å². The molecule has 2 heterocycles. The van der Waals surface area contributed by atoms with Crippen LogP contribution in [0, 0.1) is 0 Å². The van der Waals surface area contributed by atoms with Gasteiger partial charge in [-0.1, -0.05) is 59.3 Å². The Morgan fingerprint density at radius 1 is 1.13 bits per heavy atom. The molecule has 116 valence electrons. The minimum absolute atomic E-state index is 0.183. The maximum Gasteiger partial charge on any atom is 0.259 e. The summed E-state index contributed by atoms with van der Waals surface area (Å²) < 4.78 is 0. The van der Waals surface area contributed by atoms with Gasteiger partial charge in [-0.3, -0.25) is 4.79 Å². The number of halogens is 2. The molecule has 0 aromatic carbocycles. The first-order valence-corrected chi connectivity index (χ1v) is 8.47. The summed E-state index contributed by atoms with van der Waals surface area (Å²) in [5.41, 5.74) is 0.533. The summed E-state index contributed by atoms with van der Waals surface area (Å²) in [6.07, 6.45) is 12.5. The van der Waals surface area contributed by atoms with Gasteiger partial charge in [0, 0.05) is 22.5 Å². The van der Waals surface area contributed by atoms with Crippen LogP contribution >= 0.6 is 35.0 Å². The van der Waals surface area contributed by atoms with Gasteiger partial charge in [-0.2, -0.15) is 0 Å². The van der Waals surface area contributed by atoms with E-state index in [2.05, 4.69) is 15.0 Å². The fraction of sp³-hybridized carbons (Fsp3) is 0.0625. The number of H-pyrrole nitrogens is 1. The van der Waals surface area contributed by atoms with Gasteiger partial charge in [-0.05, 0) is 18.2 Å². The van der Waals surface area contributed by atoms with Crippen LogP contribution in [0.2, 0.25) is 10.2 Å². The number of aromatic amines is 1. The number of nitrogens with one attached hydrogen (secondary N) is 1. The lowest BCUT2D eigenvalue weighted by molar-refractivity contribution is 0.896. The zero-order valence-corrected chi connectivity index (χ0v) is 14.1. The first kappa shape index (κ1) is 16.1. The van der Waals surface area contributed by atoms with Gasteiger partial charge in [0.1, 0.15) is 5.15 Å². The SMILES string of the molecule is O=c1[nH]c(SCc2c(Cl)ccnc2Cl)nc2/c1=C\C=C/C=C\C=2. The second kappa shape index (κ2) is 7.17. The molecular formula is C16H11Cl2N3OS. The Balaban J connectivity index is 1.95. The summed E-state index contributed by atoms with van der Waals surface area (Å²) in [6.45, 7) is 0. The third kappa shape index (κ3) is 3.75. The number of hydrogen-bond donors (Lipinski definition) is 1. The topological polar surface area (TPSA) is 58.6 Å². The molecule has 0 amide bonds. The first-order valence-electron chi connectivity index (χ1n) is 6.72. The van der Waals surface area contributed by atoms with Crippen molar-refractivity contribution in [1.82, 2.24) is 15.0 Å². The number of hydrogen-bond acceptors (Lipinski definition) is 4. The van der Waals surface area contributed by atoms with Crippen molar-refractivity contribution in [3.63, 3.8) is 0 Å². The van der Waals surface area contributed by atoms with Crippen LogP contribution in [-0.4, -0.2) is 15.0 Å². The Morgan fingerprint density at radius 3 is 2.70 bits per heavy atom. The van der Waals surface area contributed by atoms with E-state index >= 15 is 0 Å². The number of pyridine rings is 1. The van der Waals surface area contributed by atoms with E-state index in [1.54, 1.807) is 30.5 Å². The van der Waals surface area contributed by atoms with E-state index in [4.69, 9.17) is 23.2 Å². The van der Waals surface area contributed by atoms with E-state index in [-0.39, 0.29) is 5.56 Å². The van der Waals surface area contributed by atoms with Gasteiger partial charge in [0.2, 0.25) is 0 Å². The third-order valence-electron chi connectivity index (χ3n) is 3.11. The van der Waals surface area contributed by atoms with Crippen molar-refractivity contribution < 1.29 is 0 Å². The van der Waals surface area contributed by atoms with Crippen LogP contribution in [0.1, 0.15) is 5.56 Å². The molecule has 2 aromatic heterocycles. The molecule has 1 N–H and O–H groups in total. The predicted octanol–water partition coefficient (Wildman–Crippen LogP) is 2.45. The molecule has 4 nitrogen and oxygen atoms in total. The van der Waals surface area contributed by atoms with Crippen LogP contribution in [-0.2, 0) is 5.75 Å². The molecule has 0 aliphatic heterocycles. The van der Waals surface area contributed by atoms with Gasteiger partial charge in [0.15, 0.2) is 5.16 Å². The highest BCUT2D eigenvalue weighted by atomic mass is 35.5. The fourth-order valence-corrected chi connectivity index (χ4v) is 3.52. The summed E-state index contributed by atoms with van der Waals surface area (Å²) in [7, 11) is 0. The molecule has 0 spiro atoms. The summed E-state index contributed by atoms with van der Waals surface area (Å²) in [4.78, 5) is 23.5. The molecule has 3 rings (SSSR count). The van der Waals surface area contributed by atoms with Crippen LogP contribution < -0.4 is 16.1 Å². The van der Waals surface area contributed by atoms with Crippen LogP contribution in [0.4, 0.5) is 0 Å². The van der Waals surface area contributed by atoms with Gasteiger partial charge in [0.25, 0.3) is 5.56 Å². The minimum Gasteiger partial charge on any atom is -0.301 e. The van der Waals surface area contributed by atoms with Gasteiger partial charge in [-0.25, -0.2) is 9.97 Å². The van der Waals surface area contributed by atoms with Crippen LogP contribution in [0.3, 0.4) is 0 Å². The number of thioether (sulfide) groups is 1. The van der Waals surface area contributed by atoms with E-state index in [9.17, 15) is 4.79 Å². The Morgan fingerprint density at radius 2 is 1.91 bits per heavy atom. The molecule has 1 aliphatic carbocycles.